The standard InChI is InChI=1S/C25H26BrN5O2/c1-2-33-21(32)11-15-7-9-16(10-8-15)23-22(26)24(27)31-25(30-23)19(14-29-31)18-12-17-5-3-4-6-20(17)28-13-18/h3-6,12-16H,2,7-11,27H2,1H3/i11D,15D. The summed E-state index contributed by atoms with van der Waals surface area (Å²) in [6, 6.07) is 10.00. The first-order valence-corrected chi connectivity index (χ1v) is 11.9. The Hall–Kier alpha value is -3.00. The maximum Gasteiger partial charge on any atom is 0.306 e. The zero-order valence-electron chi connectivity index (χ0n) is 20.3. The number of hydrogen-bond acceptors (Lipinski definition) is 6. The fourth-order valence-electron chi connectivity index (χ4n) is 4.46. The Balaban J connectivity index is 1.48. The van der Waals surface area contributed by atoms with Crippen molar-refractivity contribution >= 4 is 44.3 Å². The van der Waals surface area contributed by atoms with Crippen LogP contribution in [0, 0.1) is 5.89 Å². The van der Waals surface area contributed by atoms with Gasteiger partial charge in [0.05, 0.1) is 28.5 Å². The van der Waals surface area contributed by atoms with Crippen LogP contribution in [0.5, 0.6) is 0 Å². The summed E-state index contributed by atoms with van der Waals surface area (Å²) in [5.74, 6) is -1.29. The van der Waals surface area contributed by atoms with Gasteiger partial charge < -0.3 is 10.5 Å². The number of rotatable bonds is 5. The van der Waals surface area contributed by atoms with Crippen LogP contribution in [0.2, 0.25) is 0 Å². The number of ether oxygens (including phenoxy) is 1. The van der Waals surface area contributed by atoms with Crippen LogP contribution in [0.15, 0.2) is 47.2 Å². The van der Waals surface area contributed by atoms with Gasteiger partial charge in [0.15, 0.2) is 5.65 Å². The number of aromatic nitrogens is 4. The number of hydrogen-bond donors (Lipinski definition) is 1. The lowest BCUT2D eigenvalue weighted by atomic mass is 9.79. The molecule has 1 atom stereocenters. The average Bonchev–Trinajstić information content (AvgIpc) is 3.30. The quantitative estimate of drug-likeness (QED) is 0.356. The summed E-state index contributed by atoms with van der Waals surface area (Å²) in [5, 5.41) is 5.50. The second kappa shape index (κ2) is 9.09. The van der Waals surface area contributed by atoms with Crippen LogP contribution in [0.4, 0.5) is 5.82 Å². The minimum Gasteiger partial charge on any atom is -0.466 e. The number of fused-ring (bicyclic) bond motifs is 2. The van der Waals surface area contributed by atoms with Crippen molar-refractivity contribution in [3.63, 3.8) is 0 Å². The Morgan fingerprint density at radius 1 is 1.30 bits per heavy atom. The number of carbonyl (C=O) groups excluding carboxylic acids is 1. The van der Waals surface area contributed by atoms with Crippen molar-refractivity contribution in [1.29, 1.82) is 0 Å². The van der Waals surface area contributed by atoms with E-state index in [0.717, 1.165) is 27.7 Å². The smallest absolute Gasteiger partial charge is 0.306 e. The number of pyridine rings is 1. The molecular weight excluding hydrogens is 482 g/mol. The molecule has 0 aliphatic heterocycles. The van der Waals surface area contributed by atoms with Gasteiger partial charge in [-0.1, -0.05) is 18.2 Å². The molecule has 170 valence electrons. The van der Waals surface area contributed by atoms with Crippen molar-refractivity contribution in [2.24, 2.45) is 5.89 Å². The van der Waals surface area contributed by atoms with Gasteiger partial charge in [-0.3, -0.25) is 9.78 Å². The van der Waals surface area contributed by atoms with Crippen molar-refractivity contribution in [1.82, 2.24) is 19.6 Å². The predicted molar refractivity (Wildman–Crippen MR) is 132 cm³/mol. The molecular formula is C25H26BrN5O2. The highest BCUT2D eigenvalue weighted by molar-refractivity contribution is 9.10. The molecule has 1 saturated carbocycles. The van der Waals surface area contributed by atoms with E-state index in [4.69, 9.17) is 18.2 Å². The number of esters is 1. The van der Waals surface area contributed by atoms with E-state index in [-0.39, 0.29) is 12.5 Å². The number of nitrogen functional groups attached to an aromatic ring is 1. The molecule has 0 spiro atoms. The maximum absolute atomic E-state index is 12.1. The second-order valence-electron chi connectivity index (χ2n) is 8.24. The molecule has 0 radical (unpaired) electrons. The van der Waals surface area contributed by atoms with E-state index in [2.05, 4.69) is 32.1 Å². The number of halogens is 1. The molecule has 0 bridgehead atoms. The normalized spacial score (nSPS) is 22.7. The van der Waals surface area contributed by atoms with E-state index in [9.17, 15) is 4.79 Å². The fourth-order valence-corrected chi connectivity index (χ4v) is 5.04. The third kappa shape index (κ3) is 4.19. The molecule has 3 aromatic heterocycles. The van der Waals surface area contributed by atoms with Gasteiger partial charge in [0.2, 0.25) is 0 Å². The van der Waals surface area contributed by atoms with E-state index in [1.54, 1.807) is 17.6 Å². The van der Waals surface area contributed by atoms with E-state index < -0.39 is 18.3 Å². The SMILES string of the molecule is [2H]C(C(=O)OCC)C1([2H])CCC(c2nc3c(-c4cnc5ccccc5c4)cnn3c(N)c2Br)CC1. The first kappa shape index (κ1) is 19.5. The molecule has 4 aromatic rings. The van der Waals surface area contributed by atoms with E-state index in [1.165, 1.54) is 0 Å². The Morgan fingerprint density at radius 2 is 2.09 bits per heavy atom. The van der Waals surface area contributed by atoms with Crippen LogP contribution in [0.25, 0.3) is 27.7 Å². The molecule has 1 aliphatic carbocycles. The Kier molecular flexibility index (Phi) is 5.37. The van der Waals surface area contributed by atoms with Crippen molar-refractivity contribution in [2.75, 3.05) is 12.3 Å². The summed E-state index contributed by atoms with van der Waals surface area (Å²) >= 11 is 3.62. The first-order chi connectivity index (χ1) is 16.8. The zero-order valence-corrected chi connectivity index (χ0v) is 19.9. The number of carbonyl (C=O) groups is 1. The highest BCUT2D eigenvalue weighted by atomic mass is 79.9. The first-order valence-electron chi connectivity index (χ1n) is 12.2. The summed E-state index contributed by atoms with van der Waals surface area (Å²) < 4.78 is 24.3. The number of nitrogens with zero attached hydrogens (tertiary/aromatic N) is 4. The number of anilines is 1. The van der Waals surface area contributed by atoms with Crippen molar-refractivity contribution in [2.45, 2.75) is 44.9 Å². The molecule has 1 unspecified atom stereocenters. The van der Waals surface area contributed by atoms with Crippen LogP contribution in [-0.2, 0) is 9.53 Å². The third-order valence-corrected chi connectivity index (χ3v) is 6.99. The lowest BCUT2D eigenvalue weighted by Gasteiger charge is -2.28. The van der Waals surface area contributed by atoms with Crippen molar-refractivity contribution < 1.29 is 12.3 Å². The molecule has 2 N–H and O–H groups in total. The summed E-state index contributed by atoms with van der Waals surface area (Å²) in [7, 11) is 0. The Labute approximate surface area is 203 Å². The van der Waals surface area contributed by atoms with E-state index >= 15 is 0 Å². The van der Waals surface area contributed by atoms with Crippen molar-refractivity contribution in [3.8, 4) is 11.1 Å². The molecule has 0 saturated heterocycles. The summed E-state index contributed by atoms with van der Waals surface area (Å²) in [6.07, 6.45) is 4.42. The topological polar surface area (TPSA) is 95.4 Å². The third-order valence-electron chi connectivity index (χ3n) is 6.17. The van der Waals surface area contributed by atoms with Gasteiger partial charge in [-0.2, -0.15) is 9.61 Å². The monoisotopic (exact) mass is 509 g/mol. The van der Waals surface area contributed by atoms with Crippen LogP contribution >= 0.6 is 15.9 Å². The molecule has 7 nitrogen and oxygen atoms in total. The molecule has 1 aliphatic rings. The maximum atomic E-state index is 12.1. The zero-order chi connectivity index (χ0) is 24.7. The van der Waals surface area contributed by atoms with Gasteiger partial charge in [0, 0.05) is 37.8 Å². The van der Waals surface area contributed by atoms with Crippen LogP contribution < -0.4 is 5.73 Å². The highest BCUT2D eigenvalue weighted by Crippen LogP contribution is 2.41. The lowest BCUT2D eigenvalue weighted by Crippen LogP contribution is -2.19. The molecule has 5 rings (SSSR count). The van der Waals surface area contributed by atoms with Crippen LogP contribution in [-0.4, -0.2) is 32.2 Å². The Bertz CT molecular complexity index is 1420. The van der Waals surface area contributed by atoms with Gasteiger partial charge in [-0.25, -0.2) is 4.98 Å². The van der Waals surface area contributed by atoms with Gasteiger partial charge in [-0.05, 0) is 66.6 Å². The second-order valence-corrected chi connectivity index (χ2v) is 9.03. The molecule has 8 heteroatoms. The lowest BCUT2D eigenvalue weighted by molar-refractivity contribution is -0.144. The summed E-state index contributed by atoms with van der Waals surface area (Å²) in [6.45, 7) is 1.92. The molecule has 1 fully saturated rings. The number of nitrogens with two attached hydrogens (primary N) is 1. The molecule has 3 heterocycles. The largest absolute Gasteiger partial charge is 0.466 e. The number of para-hydroxylation sites is 1. The summed E-state index contributed by atoms with van der Waals surface area (Å²) in [4.78, 5) is 21.6. The molecule has 1 aromatic carbocycles. The van der Waals surface area contributed by atoms with E-state index in [1.807, 2.05) is 30.5 Å². The minimum absolute atomic E-state index is 0.0435. The minimum atomic E-state index is -1.21. The van der Waals surface area contributed by atoms with E-state index in [0.29, 0.717) is 41.6 Å². The average molecular weight is 510 g/mol. The summed E-state index contributed by atoms with van der Waals surface area (Å²) in [5.41, 5.74) is 10.6. The van der Waals surface area contributed by atoms with Crippen LogP contribution in [0.3, 0.4) is 0 Å². The van der Waals surface area contributed by atoms with Gasteiger partial charge >= 0.3 is 5.97 Å². The van der Waals surface area contributed by atoms with Crippen LogP contribution in [0.1, 0.15) is 53.4 Å². The number of benzene rings is 1. The fraction of sp³-hybridized carbons (Fsp3) is 0.360. The van der Waals surface area contributed by atoms with Gasteiger partial charge in [0.25, 0.3) is 0 Å². The molecule has 0 amide bonds. The van der Waals surface area contributed by atoms with Gasteiger partial charge in [0.1, 0.15) is 5.82 Å². The highest BCUT2D eigenvalue weighted by Gasteiger charge is 2.28. The van der Waals surface area contributed by atoms with Gasteiger partial charge in [-0.15, -0.1) is 0 Å². The predicted octanol–water partition coefficient (Wildman–Crippen LogP) is 5.52. The Morgan fingerprint density at radius 3 is 2.88 bits per heavy atom. The van der Waals surface area contributed by atoms with Crippen molar-refractivity contribution in [3.05, 3.63) is 52.9 Å². The molecule has 33 heavy (non-hydrogen) atoms.